The van der Waals surface area contributed by atoms with Gasteiger partial charge in [-0.25, -0.2) is 0 Å². The molecule has 2 aliphatic heterocycles. The van der Waals surface area contributed by atoms with Gasteiger partial charge in [-0.1, -0.05) is 72.8 Å². The lowest BCUT2D eigenvalue weighted by Gasteiger charge is -2.43. The lowest BCUT2D eigenvalue weighted by Crippen LogP contribution is -2.44. The molecule has 3 aromatic rings. The number of carbonyl (C=O) groups excluding carboxylic acids is 2. The van der Waals surface area contributed by atoms with Crippen molar-refractivity contribution >= 4 is 18.1 Å². The Bertz CT molecular complexity index is 1430. The van der Waals surface area contributed by atoms with Gasteiger partial charge < -0.3 is 19.3 Å². The summed E-state index contributed by atoms with van der Waals surface area (Å²) in [7, 11) is 3.02. The summed E-state index contributed by atoms with van der Waals surface area (Å²) in [6.07, 6.45) is 3.76. The highest BCUT2D eigenvalue weighted by Gasteiger charge is 2.41. The van der Waals surface area contributed by atoms with E-state index in [4.69, 9.17) is 14.5 Å². The average molecular weight is 594 g/mol. The summed E-state index contributed by atoms with van der Waals surface area (Å²) in [5.41, 5.74) is 5.82. The fourth-order valence-corrected chi connectivity index (χ4v) is 7.11. The van der Waals surface area contributed by atoms with E-state index in [9.17, 15) is 9.59 Å². The summed E-state index contributed by atoms with van der Waals surface area (Å²) < 4.78 is 10.6. The molecule has 2 heterocycles. The molecule has 230 valence electrons. The van der Waals surface area contributed by atoms with Crippen LogP contribution >= 0.6 is 0 Å². The first-order valence-corrected chi connectivity index (χ1v) is 15.4. The van der Waals surface area contributed by atoms with E-state index in [1.807, 2.05) is 38.1 Å². The predicted molar refractivity (Wildman–Crippen MR) is 174 cm³/mol. The second kappa shape index (κ2) is 14.0. The third-order valence-corrected chi connectivity index (χ3v) is 9.40. The van der Waals surface area contributed by atoms with E-state index in [1.54, 1.807) is 12.0 Å². The average Bonchev–Trinajstić information content (AvgIpc) is 3.07. The van der Waals surface area contributed by atoms with Gasteiger partial charge in [0.2, 0.25) is 6.41 Å². The number of methoxy groups -OCH3 is 2. The number of nitrogens with zero attached hydrogens (tertiary/aromatic N) is 3. The first-order chi connectivity index (χ1) is 21.4. The Morgan fingerprint density at radius 1 is 0.932 bits per heavy atom. The van der Waals surface area contributed by atoms with Crippen molar-refractivity contribution in [1.29, 1.82) is 0 Å². The monoisotopic (exact) mass is 593 g/mol. The van der Waals surface area contributed by atoms with Crippen molar-refractivity contribution in [3.8, 4) is 5.75 Å². The molecular weight excluding hydrogens is 550 g/mol. The number of esters is 1. The van der Waals surface area contributed by atoms with E-state index in [-0.39, 0.29) is 11.4 Å². The molecule has 5 rings (SSSR count). The number of rotatable bonds is 11. The zero-order valence-electron chi connectivity index (χ0n) is 26.2. The van der Waals surface area contributed by atoms with Gasteiger partial charge in [-0.3, -0.25) is 14.6 Å². The first-order valence-electron chi connectivity index (χ1n) is 15.4. The summed E-state index contributed by atoms with van der Waals surface area (Å²) in [5, 5.41) is 0. The molecule has 2 atom stereocenters. The normalized spacial score (nSPS) is 20.0. The van der Waals surface area contributed by atoms with Crippen molar-refractivity contribution in [1.82, 2.24) is 9.80 Å². The summed E-state index contributed by atoms with van der Waals surface area (Å²) in [6.45, 7) is 7.14. The Kier molecular flexibility index (Phi) is 9.95. The Hall–Kier alpha value is -4.23. The van der Waals surface area contributed by atoms with Gasteiger partial charge in [-0.15, -0.1) is 0 Å². The maximum Gasteiger partial charge on any atom is 0.315 e. The number of amides is 1. The number of piperidine rings is 1. The second-order valence-corrected chi connectivity index (χ2v) is 11.8. The van der Waals surface area contributed by atoms with Crippen molar-refractivity contribution in [2.75, 3.05) is 40.4 Å². The van der Waals surface area contributed by atoms with Crippen LogP contribution in [-0.2, 0) is 19.7 Å². The molecule has 0 aliphatic carbocycles. The predicted octanol–water partition coefficient (Wildman–Crippen LogP) is 6.20. The highest BCUT2D eigenvalue weighted by Crippen LogP contribution is 2.43. The van der Waals surface area contributed by atoms with Crippen LogP contribution in [0.15, 0.2) is 101 Å². The number of hydrogen-bond donors (Lipinski definition) is 0. The van der Waals surface area contributed by atoms with Gasteiger partial charge in [-0.2, -0.15) is 0 Å². The Morgan fingerprint density at radius 2 is 1.52 bits per heavy atom. The van der Waals surface area contributed by atoms with Gasteiger partial charge in [-0.05, 0) is 81.6 Å². The summed E-state index contributed by atoms with van der Waals surface area (Å²) in [5.74, 6) is -0.662. The molecule has 2 aliphatic rings. The highest BCUT2D eigenvalue weighted by atomic mass is 16.5. The molecule has 0 aromatic heterocycles. The number of aliphatic imine (C=N–C) groups is 1. The van der Waals surface area contributed by atoms with Crippen LogP contribution < -0.4 is 4.74 Å². The van der Waals surface area contributed by atoms with E-state index >= 15 is 0 Å². The quantitative estimate of drug-likeness (QED) is 0.195. The fraction of sp³-hybridized carbons (Fsp3) is 0.378. The minimum Gasteiger partial charge on any atom is -0.497 e. The number of likely N-dealkylation sites (tertiary alicyclic amines) is 1. The van der Waals surface area contributed by atoms with Crippen LogP contribution in [0.5, 0.6) is 5.75 Å². The van der Waals surface area contributed by atoms with Crippen molar-refractivity contribution < 1.29 is 19.1 Å². The van der Waals surface area contributed by atoms with Crippen molar-refractivity contribution in [2.24, 2.45) is 10.9 Å². The van der Waals surface area contributed by atoms with Crippen LogP contribution in [-0.4, -0.2) is 68.3 Å². The van der Waals surface area contributed by atoms with Gasteiger partial charge in [0.05, 0.1) is 25.6 Å². The fourth-order valence-electron chi connectivity index (χ4n) is 7.11. The molecular formula is C37H43N3O4. The zero-order chi connectivity index (χ0) is 31.1. The molecule has 0 radical (unpaired) electrons. The zero-order valence-corrected chi connectivity index (χ0v) is 26.2. The van der Waals surface area contributed by atoms with Crippen LogP contribution in [0.3, 0.4) is 0 Å². The smallest absolute Gasteiger partial charge is 0.315 e. The summed E-state index contributed by atoms with van der Waals surface area (Å²) >= 11 is 0. The number of ether oxygens (including phenoxy) is 2. The number of allylic oxidation sites excluding steroid dienone is 2. The molecule has 1 fully saturated rings. The first kappa shape index (κ1) is 31.2. The van der Waals surface area contributed by atoms with Crippen LogP contribution in [0.4, 0.5) is 0 Å². The highest BCUT2D eigenvalue weighted by molar-refractivity contribution is 6.03. The SMILES string of the molecule is COC(=O)C1C(C)=NC(C)=C(N(C=O)CCCN2CCC(c3ccccc3)(c3ccccc3)CC2)C1c1ccc(OC)cc1. The maximum absolute atomic E-state index is 13.1. The molecule has 3 aromatic carbocycles. The molecule has 1 amide bonds. The summed E-state index contributed by atoms with van der Waals surface area (Å²) in [6, 6.07) is 29.4. The molecule has 0 N–H and O–H groups in total. The summed E-state index contributed by atoms with van der Waals surface area (Å²) in [4.78, 5) is 34.7. The van der Waals surface area contributed by atoms with Gasteiger partial charge in [0.1, 0.15) is 11.7 Å². The Morgan fingerprint density at radius 3 is 2.05 bits per heavy atom. The minimum absolute atomic E-state index is 0.00220. The largest absolute Gasteiger partial charge is 0.497 e. The third-order valence-electron chi connectivity index (χ3n) is 9.40. The van der Waals surface area contributed by atoms with E-state index in [2.05, 4.69) is 65.6 Å². The molecule has 0 spiro atoms. The van der Waals surface area contributed by atoms with E-state index in [0.29, 0.717) is 12.3 Å². The van der Waals surface area contributed by atoms with Gasteiger partial charge in [0, 0.05) is 23.6 Å². The second-order valence-electron chi connectivity index (χ2n) is 11.8. The number of carbonyl (C=O) groups is 2. The van der Waals surface area contributed by atoms with Gasteiger partial charge >= 0.3 is 5.97 Å². The maximum atomic E-state index is 13.1. The molecule has 0 bridgehead atoms. The standard InChI is InChI=1S/C37H43N3O4/c1-27-33(36(42)44-4)34(29-16-18-32(43-3)19-17-29)35(28(2)38-27)40(26-41)23-11-22-39-24-20-37(21-25-39,30-12-7-5-8-13-30)31-14-9-6-10-15-31/h5-10,12-19,26,33-34H,11,20-25H2,1-4H3. The molecule has 44 heavy (non-hydrogen) atoms. The minimum atomic E-state index is -0.624. The van der Waals surface area contributed by atoms with Crippen molar-refractivity contribution in [2.45, 2.75) is 44.4 Å². The van der Waals surface area contributed by atoms with E-state index < -0.39 is 11.8 Å². The van der Waals surface area contributed by atoms with Crippen LogP contribution in [0.1, 0.15) is 55.7 Å². The lowest BCUT2D eigenvalue weighted by atomic mass is 9.68. The topological polar surface area (TPSA) is 71.4 Å². The van der Waals surface area contributed by atoms with Crippen molar-refractivity contribution in [3.05, 3.63) is 113 Å². The molecule has 7 heteroatoms. The Labute approximate surface area is 261 Å². The molecule has 2 unspecified atom stereocenters. The van der Waals surface area contributed by atoms with Crippen LogP contribution in [0.25, 0.3) is 0 Å². The molecule has 1 saturated heterocycles. The third kappa shape index (κ3) is 6.34. The molecule has 7 nitrogen and oxygen atoms in total. The van der Waals surface area contributed by atoms with Gasteiger partial charge in [0.25, 0.3) is 0 Å². The van der Waals surface area contributed by atoms with Crippen LogP contribution in [0, 0.1) is 5.92 Å². The molecule has 0 saturated carbocycles. The number of benzene rings is 3. The number of hydrogen-bond acceptors (Lipinski definition) is 6. The van der Waals surface area contributed by atoms with E-state index in [0.717, 1.165) is 68.0 Å². The van der Waals surface area contributed by atoms with E-state index in [1.165, 1.54) is 18.2 Å². The van der Waals surface area contributed by atoms with Crippen LogP contribution in [0.2, 0.25) is 0 Å². The van der Waals surface area contributed by atoms with Gasteiger partial charge in [0.15, 0.2) is 0 Å². The van der Waals surface area contributed by atoms with Crippen molar-refractivity contribution in [3.63, 3.8) is 0 Å². The Balaban J connectivity index is 1.31. The lowest BCUT2D eigenvalue weighted by molar-refractivity contribution is -0.143.